The van der Waals surface area contributed by atoms with Crippen LogP contribution in [-0.4, -0.2) is 18.4 Å². The Kier molecular flexibility index (Phi) is 6.25. The van der Waals surface area contributed by atoms with Crippen LogP contribution in [0.3, 0.4) is 0 Å². The van der Waals surface area contributed by atoms with E-state index in [4.69, 9.17) is 25.2 Å². The molecule has 1 unspecified atom stereocenters. The van der Waals surface area contributed by atoms with Gasteiger partial charge in [0.05, 0.1) is 13.2 Å². The summed E-state index contributed by atoms with van der Waals surface area (Å²) in [5.41, 5.74) is 0.722. The normalized spacial score (nSPS) is 13.0. The van der Waals surface area contributed by atoms with Crippen LogP contribution < -0.4 is 5.32 Å². The van der Waals surface area contributed by atoms with Gasteiger partial charge in [0.15, 0.2) is 11.6 Å². The summed E-state index contributed by atoms with van der Waals surface area (Å²) < 4.78 is 29.2. The molecule has 0 aliphatic rings. The van der Waals surface area contributed by atoms with Gasteiger partial charge >= 0.3 is 7.60 Å². The first-order valence-electron chi connectivity index (χ1n) is 7.32. The monoisotopic (exact) mass is 358 g/mol. The van der Waals surface area contributed by atoms with E-state index in [1.165, 1.54) is 0 Å². The van der Waals surface area contributed by atoms with Gasteiger partial charge in [0.25, 0.3) is 0 Å². The predicted molar refractivity (Wildman–Crippen MR) is 89.9 cm³/mol. The molecule has 0 fully saturated rings. The number of aromatic nitrogens is 1. The molecule has 23 heavy (non-hydrogen) atoms. The molecule has 0 saturated carbocycles. The van der Waals surface area contributed by atoms with Crippen LogP contribution in [-0.2, 0) is 13.6 Å². The maximum atomic E-state index is 13.2. The first-order chi connectivity index (χ1) is 11.0. The van der Waals surface area contributed by atoms with Gasteiger partial charge in [-0.3, -0.25) is 4.57 Å². The molecule has 0 bridgehead atoms. The minimum absolute atomic E-state index is 0.265. The molecule has 0 aliphatic heterocycles. The third-order valence-electron chi connectivity index (χ3n) is 3.03. The fraction of sp³-hybridized carbons (Fsp3) is 0.400. The number of nitrogens with zero attached hydrogens (tertiary/aromatic N) is 1. The minimum Gasteiger partial charge on any atom is -0.360 e. The van der Waals surface area contributed by atoms with Crippen LogP contribution in [0.4, 0.5) is 5.82 Å². The molecule has 0 spiro atoms. The van der Waals surface area contributed by atoms with Crippen molar-refractivity contribution in [2.45, 2.75) is 26.6 Å². The topological polar surface area (TPSA) is 73.6 Å². The summed E-state index contributed by atoms with van der Waals surface area (Å²) in [6.07, 6.45) is 0. The van der Waals surface area contributed by atoms with Crippen LogP contribution in [0.2, 0.25) is 5.02 Å². The smallest absolute Gasteiger partial charge is 0.357 e. The fourth-order valence-corrected chi connectivity index (χ4v) is 4.16. The minimum atomic E-state index is -3.46. The molecule has 0 saturated heterocycles. The van der Waals surface area contributed by atoms with E-state index in [1.807, 2.05) is 0 Å². The Hall–Kier alpha value is -1.33. The van der Waals surface area contributed by atoms with Crippen molar-refractivity contribution in [2.75, 3.05) is 18.5 Å². The zero-order valence-electron chi connectivity index (χ0n) is 13.3. The molecule has 6 nitrogen and oxygen atoms in total. The van der Waals surface area contributed by atoms with E-state index >= 15 is 0 Å². The molecule has 0 radical (unpaired) electrons. The second kappa shape index (κ2) is 7.97. The molecule has 1 aromatic carbocycles. The largest absolute Gasteiger partial charge is 0.360 e. The summed E-state index contributed by atoms with van der Waals surface area (Å²) in [6.45, 7) is 5.84. The SMILES string of the molecule is CCOP(=O)(OCC)C(Nc1cc(C)on1)c1ccc(Cl)cc1. The van der Waals surface area contributed by atoms with Gasteiger partial charge in [-0.25, -0.2) is 0 Å². The van der Waals surface area contributed by atoms with Gasteiger partial charge in [-0.05, 0) is 38.5 Å². The zero-order chi connectivity index (χ0) is 16.9. The highest BCUT2D eigenvalue weighted by molar-refractivity contribution is 7.54. The predicted octanol–water partition coefficient (Wildman–Crippen LogP) is 5.01. The van der Waals surface area contributed by atoms with Crippen molar-refractivity contribution in [3.63, 3.8) is 0 Å². The van der Waals surface area contributed by atoms with Crippen molar-refractivity contribution < 1.29 is 18.1 Å². The number of rotatable bonds is 8. The molecule has 126 valence electrons. The molecule has 1 aromatic heterocycles. The van der Waals surface area contributed by atoms with Crippen LogP contribution in [0.1, 0.15) is 31.0 Å². The van der Waals surface area contributed by atoms with Gasteiger partial charge in [0.1, 0.15) is 5.76 Å². The second-order valence-corrected chi connectivity index (χ2v) is 7.35. The van der Waals surface area contributed by atoms with E-state index in [0.29, 0.717) is 16.6 Å². The Balaban J connectivity index is 2.40. The van der Waals surface area contributed by atoms with Gasteiger partial charge in [0.2, 0.25) is 0 Å². The summed E-state index contributed by atoms with van der Waals surface area (Å²) in [4.78, 5) is 0. The molecule has 0 amide bonds. The van der Waals surface area contributed by atoms with E-state index in [0.717, 1.165) is 5.56 Å². The van der Waals surface area contributed by atoms with E-state index < -0.39 is 13.4 Å². The number of anilines is 1. The summed E-state index contributed by atoms with van der Waals surface area (Å²) >= 11 is 5.94. The number of hydrogen-bond donors (Lipinski definition) is 1. The summed E-state index contributed by atoms with van der Waals surface area (Å²) in [6, 6.07) is 8.71. The van der Waals surface area contributed by atoms with Crippen molar-refractivity contribution >= 4 is 25.0 Å². The number of benzene rings is 1. The van der Waals surface area contributed by atoms with Gasteiger partial charge < -0.3 is 18.9 Å². The van der Waals surface area contributed by atoms with Crippen LogP contribution in [0.15, 0.2) is 34.9 Å². The highest BCUT2D eigenvalue weighted by Crippen LogP contribution is 2.60. The third kappa shape index (κ3) is 4.58. The lowest BCUT2D eigenvalue weighted by atomic mass is 10.2. The van der Waals surface area contributed by atoms with Crippen LogP contribution in [0.25, 0.3) is 0 Å². The summed E-state index contributed by atoms with van der Waals surface area (Å²) in [5, 5.41) is 7.56. The molecule has 1 atom stereocenters. The second-order valence-electron chi connectivity index (χ2n) is 4.80. The standard InChI is InChI=1S/C15H20ClN2O4P/c1-4-20-23(19,21-5-2)15(12-6-8-13(16)9-7-12)17-14-10-11(3)22-18-14/h6-10,15H,4-5H2,1-3H3,(H,17,18). The van der Waals surface area contributed by atoms with Crippen LogP contribution in [0.5, 0.6) is 0 Å². The van der Waals surface area contributed by atoms with Gasteiger partial charge in [0, 0.05) is 11.1 Å². The van der Waals surface area contributed by atoms with Gasteiger partial charge in [-0.1, -0.05) is 28.9 Å². The van der Waals surface area contributed by atoms with E-state index in [2.05, 4.69) is 10.5 Å². The average molecular weight is 359 g/mol. The molecule has 1 heterocycles. The van der Waals surface area contributed by atoms with E-state index in [-0.39, 0.29) is 13.2 Å². The van der Waals surface area contributed by atoms with Crippen molar-refractivity contribution in [2.24, 2.45) is 0 Å². The fourth-order valence-electron chi connectivity index (χ4n) is 2.11. The Morgan fingerprint density at radius 3 is 2.35 bits per heavy atom. The Morgan fingerprint density at radius 1 is 1.26 bits per heavy atom. The number of aryl methyl sites for hydroxylation is 1. The molecule has 2 aromatic rings. The first-order valence-corrected chi connectivity index (χ1v) is 9.31. The Morgan fingerprint density at radius 2 is 1.87 bits per heavy atom. The highest BCUT2D eigenvalue weighted by Gasteiger charge is 2.37. The van der Waals surface area contributed by atoms with Gasteiger partial charge in [-0.2, -0.15) is 0 Å². The molecule has 0 aliphatic carbocycles. The highest BCUT2D eigenvalue weighted by atomic mass is 35.5. The lowest BCUT2D eigenvalue weighted by Crippen LogP contribution is -2.15. The lowest BCUT2D eigenvalue weighted by molar-refractivity contribution is 0.214. The number of nitrogens with one attached hydrogen (secondary N) is 1. The van der Waals surface area contributed by atoms with Gasteiger partial charge in [-0.15, -0.1) is 0 Å². The average Bonchev–Trinajstić information content (AvgIpc) is 2.92. The van der Waals surface area contributed by atoms with Crippen LogP contribution in [0, 0.1) is 6.92 Å². The molecular weight excluding hydrogens is 339 g/mol. The van der Waals surface area contributed by atoms with Crippen molar-refractivity contribution in [3.05, 3.63) is 46.7 Å². The lowest BCUT2D eigenvalue weighted by Gasteiger charge is -2.27. The Labute approximate surface area is 140 Å². The van der Waals surface area contributed by atoms with E-state index in [1.54, 1.807) is 51.1 Å². The molecule has 8 heteroatoms. The maximum absolute atomic E-state index is 13.2. The summed E-state index contributed by atoms with van der Waals surface area (Å²) in [7, 11) is -3.46. The molecule has 1 N–H and O–H groups in total. The quantitative estimate of drug-likeness (QED) is 0.668. The maximum Gasteiger partial charge on any atom is 0.357 e. The summed E-state index contributed by atoms with van der Waals surface area (Å²) in [5.74, 6) is 0.385. The molecule has 2 rings (SSSR count). The first kappa shape index (κ1) is 18.0. The van der Waals surface area contributed by atoms with E-state index in [9.17, 15) is 4.57 Å². The third-order valence-corrected chi connectivity index (χ3v) is 5.58. The van der Waals surface area contributed by atoms with Crippen molar-refractivity contribution in [3.8, 4) is 0 Å². The molecular formula is C15H20ClN2O4P. The van der Waals surface area contributed by atoms with Crippen LogP contribution >= 0.6 is 19.2 Å². The number of halogens is 1. The van der Waals surface area contributed by atoms with Crippen molar-refractivity contribution in [1.29, 1.82) is 0 Å². The zero-order valence-corrected chi connectivity index (χ0v) is 14.9. The van der Waals surface area contributed by atoms with Crippen molar-refractivity contribution in [1.82, 2.24) is 5.16 Å². The number of hydrogen-bond acceptors (Lipinski definition) is 6. The Bertz CT molecular complexity index is 664.